The molecule has 0 aliphatic rings. The number of aryl methyl sites for hydroxylation is 2. The Labute approximate surface area is 102 Å². The molecule has 0 atom stereocenters. The van der Waals surface area contributed by atoms with E-state index in [9.17, 15) is 0 Å². The van der Waals surface area contributed by atoms with Gasteiger partial charge in [0, 0.05) is 13.1 Å². The number of fused-ring (bicyclic) bond motifs is 1. The maximum absolute atomic E-state index is 6.01. The third-order valence-electron chi connectivity index (χ3n) is 2.76. The van der Waals surface area contributed by atoms with Gasteiger partial charge in [0.2, 0.25) is 5.95 Å². The van der Waals surface area contributed by atoms with Crippen LogP contribution in [0.4, 0.5) is 5.95 Å². The van der Waals surface area contributed by atoms with Crippen molar-refractivity contribution in [2.24, 2.45) is 5.41 Å². The van der Waals surface area contributed by atoms with Crippen LogP contribution in [0.15, 0.2) is 0 Å². The molecule has 5 nitrogen and oxygen atoms in total. The van der Waals surface area contributed by atoms with E-state index < -0.39 is 0 Å². The summed E-state index contributed by atoms with van der Waals surface area (Å²) in [4.78, 5) is 4.42. The zero-order valence-electron chi connectivity index (χ0n) is 11.3. The van der Waals surface area contributed by atoms with Crippen LogP contribution < -0.4 is 5.73 Å². The van der Waals surface area contributed by atoms with Crippen LogP contribution in [0.2, 0.25) is 0 Å². The van der Waals surface area contributed by atoms with Gasteiger partial charge < -0.3 is 5.73 Å². The molecule has 2 aromatic rings. The zero-order valence-corrected chi connectivity index (χ0v) is 11.3. The molecule has 0 spiro atoms. The van der Waals surface area contributed by atoms with Crippen LogP contribution in [0.5, 0.6) is 0 Å². The quantitative estimate of drug-likeness (QED) is 0.868. The summed E-state index contributed by atoms with van der Waals surface area (Å²) in [7, 11) is 0. The molecule has 2 heterocycles. The third kappa shape index (κ3) is 2.01. The van der Waals surface area contributed by atoms with Gasteiger partial charge in [0.1, 0.15) is 5.52 Å². The second kappa shape index (κ2) is 3.75. The Hall–Kier alpha value is -1.52. The molecule has 0 amide bonds. The van der Waals surface area contributed by atoms with Gasteiger partial charge in [-0.1, -0.05) is 20.8 Å². The molecule has 2 N–H and O–H groups in total. The lowest BCUT2D eigenvalue weighted by atomic mass is 9.97. The van der Waals surface area contributed by atoms with Gasteiger partial charge >= 0.3 is 0 Å². The van der Waals surface area contributed by atoms with Gasteiger partial charge in [-0.15, -0.1) is 0 Å². The molecule has 0 aliphatic carbocycles. The molecular weight excluding hydrogens is 214 g/mol. The van der Waals surface area contributed by atoms with Crippen molar-refractivity contribution in [3.63, 3.8) is 0 Å². The molecule has 0 saturated heterocycles. The summed E-state index contributed by atoms with van der Waals surface area (Å²) in [5.74, 6) is 0.581. The Morgan fingerprint density at radius 1 is 1.29 bits per heavy atom. The van der Waals surface area contributed by atoms with Gasteiger partial charge in [-0.2, -0.15) is 5.10 Å². The smallest absolute Gasteiger partial charge is 0.202 e. The largest absolute Gasteiger partial charge is 0.369 e. The van der Waals surface area contributed by atoms with Crippen LogP contribution in [0.25, 0.3) is 11.2 Å². The van der Waals surface area contributed by atoms with Gasteiger partial charge in [-0.05, 0) is 19.3 Å². The number of aromatic nitrogens is 4. The van der Waals surface area contributed by atoms with E-state index in [1.54, 1.807) is 0 Å². The first-order chi connectivity index (χ1) is 7.83. The highest BCUT2D eigenvalue weighted by Crippen LogP contribution is 2.25. The first-order valence-electron chi connectivity index (χ1n) is 6.02. The number of hydrogen-bond acceptors (Lipinski definition) is 3. The summed E-state index contributed by atoms with van der Waals surface area (Å²) in [5, 5.41) is 4.48. The zero-order chi connectivity index (χ0) is 12.8. The minimum Gasteiger partial charge on any atom is -0.369 e. The van der Waals surface area contributed by atoms with Gasteiger partial charge in [0.25, 0.3) is 0 Å². The molecule has 0 aromatic carbocycles. The van der Waals surface area contributed by atoms with E-state index in [4.69, 9.17) is 5.73 Å². The van der Waals surface area contributed by atoms with Gasteiger partial charge in [-0.25, -0.2) is 9.67 Å². The van der Waals surface area contributed by atoms with E-state index in [0.717, 1.165) is 29.9 Å². The summed E-state index contributed by atoms with van der Waals surface area (Å²) in [6.45, 7) is 12.3. The topological polar surface area (TPSA) is 61.7 Å². The summed E-state index contributed by atoms with van der Waals surface area (Å²) in [6.07, 6.45) is 0. The Morgan fingerprint density at radius 2 is 1.94 bits per heavy atom. The number of rotatable bonds is 2. The monoisotopic (exact) mass is 235 g/mol. The fraction of sp³-hybridized carbons (Fsp3) is 0.667. The minimum absolute atomic E-state index is 0.165. The highest BCUT2D eigenvalue weighted by atomic mass is 15.4. The number of nitrogens with two attached hydrogens (primary N) is 1. The molecule has 2 rings (SSSR count). The van der Waals surface area contributed by atoms with Gasteiger partial charge in [0.05, 0.1) is 5.69 Å². The highest BCUT2D eigenvalue weighted by molar-refractivity contribution is 5.77. The van der Waals surface area contributed by atoms with Crippen LogP contribution in [-0.4, -0.2) is 19.3 Å². The van der Waals surface area contributed by atoms with Crippen molar-refractivity contribution in [2.75, 3.05) is 5.73 Å². The van der Waals surface area contributed by atoms with Crippen molar-refractivity contribution in [2.45, 2.75) is 47.7 Å². The normalized spacial score (nSPS) is 12.5. The summed E-state index contributed by atoms with van der Waals surface area (Å²) in [6, 6.07) is 0. The average molecular weight is 235 g/mol. The molecule has 0 radical (unpaired) electrons. The van der Waals surface area contributed by atoms with Gasteiger partial charge in [0.15, 0.2) is 5.65 Å². The highest BCUT2D eigenvalue weighted by Gasteiger charge is 2.20. The van der Waals surface area contributed by atoms with E-state index in [1.807, 2.05) is 11.6 Å². The second-order valence-electron chi connectivity index (χ2n) is 5.69. The van der Waals surface area contributed by atoms with E-state index in [0.29, 0.717) is 5.95 Å². The Morgan fingerprint density at radius 3 is 2.47 bits per heavy atom. The lowest BCUT2D eigenvalue weighted by molar-refractivity contribution is 0.348. The Kier molecular flexibility index (Phi) is 2.64. The number of nitrogens with zero attached hydrogens (tertiary/aromatic N) is 4. The molecule has 5 heteroatoms. The van der Waals surface area contributed by atoms with Crippen molar-refractivity contribution >= 4 is 17.1 Å². The van der Waals surface area contributed by atoms with E-state index in [-0.39, 0.29) is 5.41 Å². The van der Waals surface area contributed by atoms with Crippen molar-refractivity contribution in [3.05, 3.63) is 5.69 Å². The molecule has 0 saturated carbocycles. The fourth-order valence-corrected chi connectivity index (χ4v) is 2.09. The van der Waals surface area contributed by atoms with Crippen molar-refractivity contribution < 1.29 is 0 Å². The Balaban J connectivity index is 2.64. The Bertz CT molecular complexity index is 541. The summed E-state index contributed by atoms with van der Waals surface area (Å²) in [5.41, 5.74) is 9.08. The number of imidazole rings is 1. The van der Waals surface area contributed by atoms with E-state index >= 15 is 0 Å². The average Bonchev–Trinajstić information content (AvgIpc) is 2.66. The second-order valence-corrected chi connectivity index (χ2v) is 5.69. The fourth-order valence-electron chi connectivity index (χ4n) is 2.09. The molecule has 17 heavy (non-hydrogen) atoms. The molecule has 0 aliphatic heterocycles. The number of anilines is 1. The molecule has 2 aromatic heterocycles. The lowest BCUT2D eigenvalue weighted by Crippen LogP contribution is -2.18. The predicted octanol–water partition coefficient (Wildman–Crippen LogP) is 2.19. The predicted molar refractivity (Wildman–Crippen MR) is 69.8 cm³/mol. The van der Waals surface area contributed by atoms with Gasteiger partial charge in [-0.3, -0.25) is 4.57 Å². The third-order valence-corrected chi connectivity index (χ3v) is 2.76. The molecule has 0 unspecified atom stereocenters. The molecular formula is C12H21N5. The summed E-state index contributed by atoms with van der Waals surface area (Å²) >= 11 is 0. The molecule has 0 fully saturated rings. The van der Waals surface area contributed by atoms with E-state index in [2.05, 4.69) is 42.3 Å². The standard InChI is InChI=1S/C12H21N5/c1-6-17-10-9(8(2)15-17)14-11(13)16(10)7-12(3,4)5/h6-7H2,1-5H3,(H2,13,14). The first-order valence-corrected chi connectivity index (χ1v) is 6.02. The maximum atomic E-state index is 6.01. The minimum atomic E-state index is 0.165. The van der Waals surface area contributed by atoms with Crippen molar-refractivity contribution in [3.8, 4) is 0 Å². The summed E-state index contributed by atoms with van der Waals surface area (Å²) < 4.78 is 4.04. The van der Waals surface area contributed by atoms with Crippen LogP contribution in [-0.2, 0) is 13.1 Å². The van der Waals surface area contributed by atoms with Crippen molar-refractivity contribution in [1.29, 1.82) is 0 Å². The van der Waals surface area contributed by atoms with Crippen LogP contribution in [0, 0.1) is 12.3 Å². The lowest BCUT2D eigenvalue weighted by Gasteiger charge is -2.20. The number of nitrogen functional groups attached to an aromatic ring is 1. The van der Waals surface area contributed by atoms with Crippen LogP contribution >= 0.6 is 0 Å². The van der Waals surface area contributed by atoms with Crippen LogP contribution in [0.3, 0.4) is 0 Å². The maximum Gasteiger partial charge on any atom is 0.202 e. The SMILES string of the molecule is CCn1nc(C)c2nc(N)n(CC(C)(C)C)c21. The van der Waals surface area contributed by atoms with Crippen LogP contribution in [0.1, 0.15) is 33.4 Å². The first kappa shape index (κ1) is 12.0. The van der Waals surface area contributed by atoms with E-state index in [1.165, 1.54) is 0 Å². The number of hydrogen-bond donors (Lipinski definition) is 1. The van der Waals surface area contributed by atoms with Crippen molar-refractivity contribution in [1.82, 2.24) is 19.3 Å². The molecule has 0 bridgehead atoms. The molecule has 94 valence electrons.